The van der Waals surface area contributed by atoms with Crippen molar-refractivity contribution in [3.8, 4) is 0 Å². The number of H-pyrrole nitrogens is 1. The maximum atomic E-state index is 13.2. The van der Waals surface area contributed by atoms with Crippen molar-refractivity contribution in [3.63, 3.8) is 0 Å². The van der Waals surface area contributed by atoms with Crippen LogP contribution in [0.3, 0.4) is 0 Å². The number of nitrogens with zero attached hydrogens (tertiary/aromatic N) is 4. The molecule has 5 aliphatic rings. The third-order valence-corrected chi connectivity index (χ3v) is 7.83. The van der Waals surface area contributed by atoms with Crippen molar-refractivity contribution in [1.82, 2.24) is 25.0 Å². The van der Waals surface area contributed by atoms with Crippen LogP contribution in [-0.4, -0.2) is 69.9 Å². The van der Waals surface area contributed by atoms with Crippen LogP contribution in [0.2, 0.25) is 0 Å². The molecule has 2 aliphatic heterocycles. The molecule has 7 nitrogen and oxygen atoms in total. The summed E-state index contributed by atoms with van der Waals surface area (Å²) < 4.78 is 19.1. The molecule has 0 unspecified atom stereocenters. The van der Waals surface area contributed by atoms with Crippen molar-refractivity contribution in [2.24, 2.45) is 5.41 Å². The van der Waals surface area contributed by atoms with Crippen LogP contribution in [0.5, 0.6) is 0 Å². The van der Waals surface area contributed by atoms with E-state index in [1.807, 2.05) is 9.80 Å². The second-order valence-electron chi connectivity index (χ2n) is 9.99. The van der Waals surface area contributed by atoms with Gasteiger partial charge in [-0.15, -0.1) is 10.2 Å². The van der Waals surface area contributed by atoms with Crippen LogP contribution in [0.4, 0.5) is 9.18 Å². The Balaban J connectivity index is 0.921. The highest BCUT2D eigenvalue weighted by molar-refractivity contribution is 6.31. The van der Waals surface area contributed by atoms with E-state index < -0.39 is 0 Å². The molecule has 4 fully saturated rings. The Kier molecular flexibility index (Phi) is 4.65. The normalized spacial score (nSPS) is 25.9. The molecule has 0 atom stereocenters. The van der Waals surface area contributed by atoms with Crippen molar-refractivity contribution in [3.05, 3.63) is 34.2 Å². The van der Waals surface area contributed by atoms with E-state index in [1.165, 1.54) is 18.9 Å². The number of hydrogen-bond acceptors (Lipinski definition) is 4. The summed E-state index contributed by atoms with van der Waals surface area (Å²) in [4.78, 5) is 19.9. The Morgan fingerprint density at radius 1 is 1.16 bits per heavy atom. The molecule has 6 rings (SSSR count). The molecule has 3 aliphatic carbocycles. The van der Waals surface area contributed by atoms with E-state index in [1.54, 1.807) is 0 Å². The first-order valence-corrected chi connectivity index (χ1v) is 11.7. The van der Waals surface area contributed by atoms with Crippen molar-refractivity contribution >= 4 is 17.6 Å². The summed E-state index contributed by atoms with van der Waals surface area (Å²) in [5.41, 5.74) is 1.22. The molecule has 0 radical (unpaired) electrons. The van der Waals surface area contributed by atoms with E-state index in [4.69, 9.17) is 16.3 Å². The Morgan fingerprint density at radius 3 is 2.55 bits per heavy atom. The maximum Gasteiger partial charge on any atom is 0.320 e. The smallest absolute Gasteiger partial charge is 0.320 e. The molecule has 2 amide bonds. The summed E-state index contributed by atoms with van der Waals surface area (Å²) in [6.07, 6.45) is 7.03. The van der Waals surface area contributed by atoms with E-state index in [2.05, 4.69) is 15.2 Å². The first-order chi connectivity index (χ1) is 15.0. The number of halogens is 2. The zero-order valence-electron chi connectivity index (χ0n) is 17.4. The fourth-order valence-corrected chi connectivity index (χ4v) is 5.58. The third-order valence-electron chi connectivity index (χ3n) is 7.45. The minimum atomic E-state index is -0.178. The SMILES string of the molecule is O=C(N1CC(OCC2=C(Cl)C=C(F)CC2)C1)N1CC2(CC(c3nnc(C4CC4)[nH]3)C2)C1. The highest BCUT2D eigenvalue weighted by Gasteiger charge is 2.56. The summed E-state index contributed by atoms with van der Waals surface area (Å²) in [5.74, 6) is 2.98. The van der Waals surface area contributed by atoms with Gasteiger partial charge in [0.15, 0.2) is 0 Å². The first-order valence-electron chi connectivity index (χ1n) is 11.3. The zero-order valence-corrected chi connectivity index (χ0v) is 18.2. The van der Waals surface area contributed by atoms with Crippen LogP contribution in [0.25, 0.3) is 0 Å². The minimum absolute atomic E-state index is 0.0344. The molecule has 1 N–H and O–H groups in total. The lowest BCUT2D eigenvalue weighted by atomic mass is 9.57. The number of carbonyl (C=O) groups is 1. The largest absolute Gasteiger partial charge is 0.370 e. The zero-order chi connectivity index (χ0) is 21.2. The van der Waals surface area contributed by atoms with E-state index in [-0.39, 0.29) is 23.4 Å². The molecule has 9 heteroatoms. The average Bonchev–Trinajstić information content (AvgIpc) is 3.38. The molecule has 0 bridgehead atoms. The van der Waals surface area contributed by atoms with Gasteiger partial charge >= 0.3 is 6.03 Å². The third kappa shape index (κ3) is 3.67. The summed E-state index contributed by atoms with van der Waals surface area (Å²) in [6, 6.07) is 0.115. The number of aromatic nitrogens is 3. The molecule has 1 aromatic heterocycles. The number of hydrogen-bond donors (Lipinski definition) is 1. The highest BCUT2D eigenvalue weighted by Crippen LogP contribution is 2.55. The number of carbonyl (C=O) groups excluding carboxylic acids is 1. The van der Waals surface area contributed by atoms with Gasteiger partial charge in [-0.3, -0.25) is 0 Å². The van der Waals surface area contributed by atoms with Crippen LogP contribution in [-0.2, 0) is 4.74 Å². The number of urea groups is 1. The second-order valence-corrected chi connectivity index (χ2v) is 10.4. The molecule has 1 spiro atoms. The molecular formula is C22H27ClFN5O2. The monoisotopic (exact) mass is 447 g/mol. The summed E-state index contributed by atoms with van der Waals surface area (Å²) in [5, 5.41) is 9.11. The van der Waals surface area contributed by atoms with Crippen LogP contribution in [0.1, 0.15) is 62.0 Å². The predicted molar refractivity (Wildman–Crippen MR) is 112 cm³/mol. The van der Waals surface area contributed by atoms with Gasteiger partial charge in [0.1, 0.15) is 17.5 Å². The molecule has 3 heterocycles. The predicted octanol–water partition coefficient (Wildman–Crippen LogP) is 3.82. The number of nitrogens with one attached hydrogen (secondary N) is 1. The van der Waals surface area contributed by atoms with Crippen LogP contribution in [0.15, 0.2) is 22.5 Å². The topological polar surface area (TPSA) is 74.3 Å². The van der Waals surface area contributed by atoms with Gasteiger partial charge in [0.05, 0.1) is 25.8 Å². The lowest BCUT2D eigenvalue weighted by Crippen LogP contribution is -2.68. The van der Waals surface area contributed by atoms with E-state index >= 15 is 0 Å². The van der Waals surface area contributed by atoms with Gasteiger partial charge in [-0.1, -0.05) is 11.6 Å². The van der Waals surface area contributed by atoms with Crippen LogP contribution in [0, 0.1) is 5.41 Å². The van der Waals surface area contributed by atoms with Gasteiger partial charge in [0.25, 0.3) is 0 Å². The lowest BCUT2D eigenvalue weighted by Gasteiger charge is -2.59. The first kappa shape index (κ1) is 19.7. The Bertz CT molecular complexity index is 951. The summed E-state index contributed by atoms with van der Waals surface area (Å²) >= 11 is 6.08. The standard InChI is InChI=1S/C22H27ClFN5O2/c23-18-5-16(24)4-3-14(18)10-31-17-8-28(9-17)21(30)29-11-22(12-29)6-15(7-22)20-25-19(26-27-20)13-1-2-13/h5,13,15,17H,1-4,6-12H2,(H,25,26,27). The van der Waals surface area contributed by atoms with Crippen molar-refractivity contribution in [1.29, 1.82) is 0 Å². The second kappa shape index (κ2) is 7.30. The maximum absolute atomic E-state index is 13.2. The molecular weight excluding hydrogens is 421 g/mol. The van der Waals surface area contributed by atoms with E-state index in [9.17, 15) is 9.18 Å². The molecule has 2 saturated carbocycles. The molecule has 31 heavy (non-hydrogen) atoms. The van der Waals surface area contributed by atoms with Gasteiger partial charge < -0.3 is 19.5 Å². The lowest BCUT2D eigenvalue weighted by molar-refractivity contribution is -0.0774. The van der Waals surface area contributed by atoms with Crippen molar-refractivity contribution in [2.45, 2.75) is 56.5 Å². The fourth-order valence-electron chi connectivity index (χ4n) is 5.31. The number of rotatable bonds is 5. The summed E-state index contributed by atoms with van der Waals surface area (Å²) in [6.45, 7) is 3.32. The number of amides is 2. The van der Waals surface area contributed by atoms with Gasteiger partial charge in [0.2, 0.25) is 0 Å². The quantitative estimate of drug-likeness (QED) is 0.744. The highest BCUT2D eigenvalue weighted by atomic mass is 35.5. The van der Waals surface area contributed by atoms with Gasteiger partial charge in [0, 0.05) is 41.8 Å². The van der Waals surface area contributed by atoms with Crippen molar-refractivity contribution < 1.29 is 13.9 Å². The number of ether oxygens (including phenoxy) is 1. The molecule has 0 aromatic carbocycles. The Hall–Kier alpha value is -1.93. The summed E-state index contributed by atoms with van der Waals surface area (Å²) in [7, 11) is 0. The Morgan fingerprint density at radius 2 is 1.87 bits per heavy atom. The number of likely N-dealkylation sites (tertiary alicyclic amines) is 2. The molecule has 2 saturated heterocycles. The van der Waals surface area contributed by atoms with Gasteiger partial charge in [-0.25, -0.2) is 9.18 Å². The van der Waals surface area contributed by atoms with Crippen LogP contribution < -0.4 is 0 Å². The Labute approximate surface area is 185 Å². The molecule has 1 aromatic rings. The number of aromatic amines is 1. The van der Waals surface area contributed by atoms with Crippen molar-refractivity contribution in [2.75, 3.05) is 32.8 Å². The average molecular weight is 448 g/mol. The number of allylic oxidation sites excluding steroid dienone is 3. The minimum Gasteiger partial charge on any atom is -0.370 e. The molecule has 166 valence electrons. The van der Waals surface area contributed by atoms with E-state index in [0.29, 0.717) is 49.4 Å². The van der Waals surface area contributed by atoms with E-state index in [0.717, 1.165) is 43.2 Å². The van der Waals surface area contributed by atoms with Crippen LogP contribution >= 0.6 is 11.6 Å². The fraction of sp³-hybridized carbons (Fsp3) is 0.682. The van der Waals surface area contributed by atoms with Gasteiger partial charge in [-0.2, -0.15) is 0 Å². The van der Waals surface area contributed by atoms with Gasteiger partial charge in [-0.05, 0) is 43.8 Å².